The molecule has 4 heterocycles. The van der Waals surface area contributed by atoms with E-state index in [1.807, 2.05) is 54.1 Å². The van der Waals surface area contributed by atoms with Gasteiger partial charge in [-0.3, -0.25) is 24.4 Å². The van der Waals surface area contributed by atoms with Crippen molar-refractivity contribution in [2.24, 2.45) is 5.41 Å². The van der Waals surface area contributed by atoms with Gasteiger partial charge in [0, 0.05) is 63.9 Å². The maximum atomic E-state index is 13.5. The van der Waals surface area contributed by atoms with E-state index in [2.05, 4.69) is 15.0 Å². The average molecular weight is 571 g/mol. The van der Waals surface area contributed by atoms with Crippen LogP contribution < -0.4 is 4.74 Å². The third-order valence-electron chi connectivity index (χ3n) is 8.29. The standard InChI is InChI=1S/C32H38N6O4/c1-24-8-12-34-27(20-24)30(40)38-17-10-32(11-18-38)9-4-15-37(31(41)28-22-33-13-14-35-28)16-5-19-42-26-7-3-6-25(21-26)29(39)36(2)23-32/h3,6-8,12-14,20-22H,4-5,9-11,15-19,23H2,1-2H3. The summed E-state index contributed by atoms with van der Waals surface area (Å²) < 4.78 is 5.95. The highest BCUT2D eigenvalue weighted by atomic mass is 16.5. The van der Waals surface area contributed by atoms with Crippen molar-refractivity contribution in [1.82, 2.24) is 29.7 Å². The molecular weight excluding hydrogens is 532 g/mol. The summed E-state index contributed by atoms with van der Waals surface area (Å²) in [6.07, 6.45) is 9.97. The number of likely N-dealkylation sites (tertiary alicyclic amines) is 1. The molecule has 1 spiro atoms. The number of carbonyl (C=O) groups excluding carboxylic acids is 3. The summed E-state index contributed by atoms with van der Waals surface area (Å²) in [4.78, 5) is 58.2. The highest BCUT2D eigenvalue weighted by molar-refractivity contribution is 5.94. The van der Waals surface area contributed by atoms with Gasteiger partial charge >= 0.3 is 0 Å². The number of benzene rings is 1. The van der Waals surface area contributed by atoms with E-state index in [0.717, 1.165) is 31.2 Å². The van der Waals surface area contributed by atoms with Crippen molar-refractivity contribution in [3.8, 4) is 5.75 Å². The van der Waals surface area contributed by atoms with Gasteiger partial charge in [0.2, 0.25) is 0 Å². The van der Waals surface area contributed by atoms with Crippen LogP contribution in [0.5, 0.6) is 5.75 Å². The van der Waals surface area contributed by atoms with Crippen molar-refractivity contribution in [3.63, 3.8) is 0 Å². The Balaban J connectivity index is 1.36. The van der Waals surface area contributed by atoms with Gasteiger partial charge in [0.1, 0.15) is 17.1 Å². The maximum absolute atomic E-state index is 13.5. The second-order valence-corrected chi connectivity index (χ2v) is 11.4. The minimum Gasteiger partial charge on any atom is -0.494 e. The van der Waals surface area contributed by atoms with E-state index in [-0.39, 0.29) is 23.1 Å². The number of carbonyl (C=O) groups is 3. The van der Waals surface area contributed by atoms with Gasteiger partial charge in [0.15, 0.2) is 0 Å². The van der Waals surface area contributed by atoms with Crippen molar-refractivity contribution < 1.29 is 19.1 Å². The minimum absolute atomic E-state index is 0.0587. The van der Waals surface area contributed by atoms with Gasteiger partial charge in [-0.15, -0.1) is 0 Å². The number of pyridine rings is 1. The number of piperidine rings is 1. The summed E-state index contributed by atoms with van der Waals surface area (Å²) in [5.41, 5.74) is 2.16. The Morgan fingerprint density at radius 2 is 1.60 bits per heavy atom. The third kappa shape index (κ3) is 6.92. The smallest absolute Gasteiger partial charge is 0.274 e. The fourth-order valence-corrected chi connectivity index (χ4v) is 5.98. The molecule has 3 aromatic rings. The molecule has 2 aliphatic heterocycles. The van der Waals surface area contributed by atoms with Gasteiger partial charge in [-0.1, -0.05) is 6.07 Å². The summed E-state index contributed by atoms with van der Waals surface area (Å²) in [7, 11) is 1.84. The van der Waals surface area contributed by atoms with Crippen LogP contribution in [-0.2, 0) is 0 Å². The fourth-order valence-electron chi connectivity index (χ4n) is 5.98. The molecule has 1 saturated heterocycles. The van der Waals surface area contributed by atoms with Crippen molar-refractivity contribution in [2.75, 3.05) is 46.4 Å². The van der Waals surface area contributed by atoms with Crippen LogP contribution >= 0.6 is 0 Å². The Morgan fingerprint density at radius 1 is 0.857 bits per heavy atom. The molecule has 10 heteroatoms. The quantitative estimate of drug-likeness (QED) is 0.460. The van der Waals surface area contributed by atoms with Crippen LogP contribution in [0.1, 0.15) is 69.0 Å². The van der Waals surface area contributed by atoms with Gasteiger partial charge in [-0.2, -0.15) is 0 Å². The Bertz CT molecular complexity index is 1410. The summed E-state index contributed by atoms with van der Waals surface area (Å²) >= 11 is 0. The zero-order valence-electron chi connectivity index (χ0n) is 24.4. The molecule has 0 atom stereocenters. The molecule has 220 valence electrons. The first-order valence-electron chi connectivity index (χ1n) is 14.6. The highest BCUT2D eigenvalue weighted by Crippen LogP contribution is 2.38. The fraction of sp³-hybridized carbons (Fsp3) is 0.438. The topological polar surface area (TPSA) is 109 Å². The molecule has 2 aliphatic rings. The number of fused-ring (bicyclic) bond motifs is 2. The van der Waals surface area contributed by atoms with E-state index in [1.165, 1.54) is 12.4 Å². The van der Waals surface area contributed by atoms with E-state index in [9.17, 15) is 14.4 Å². The minimum atomic E-state index is -0.198. The number of rotatable bonds is 2. The normalized spacial score (nSPS) is 18.1. The van der Waals surface area contributed by atoms with E-state index >= 15 is 0 Å². The Kier molecular flexibility index (Phi) is 9.09. The van der Waals surface area contributed by atoms with Gasteiger partial charge in [0.05, 0.1) is 12.8 Å². The molecule has 3 amide bonds. The molecule has 5 rings (SSSR count). The number of aromatic nitrogens is 3. The Labute approximate surface area is 246 Å². The lowest BCUT2D eigenvalue weighted by Crippen LogP contribution is -2.48. The molecule has 0 saturated carbocycles. The molecule has 2 aromatic heterocycles. The average Bonchev–Trinajstić information content (AvgIpc) is 3.02. The number of ether oxygens (including phenoxy) is 1. The predicted octanol–water partition coefficient (Wildman–Crippen LogP) is 3.88. The first-order chi connectivity index (χ1) is 20.3. The first-order valence-corrected chi connectivity index (χ1v) is 14.6. The molecule has 10 nitrogen and oxygen atoms in total. The summed E-state index contributed by atoms with van der Waals surface area (Å²) in [6, 6.07) is 11.0. The van der Waals surface area contributed by atoms with E-state index in [1.54, 1.807) is 23.4 Å². The van der Waals surface area contributed by atoms with E-state index in [4.69, 9.17) is 4.74 Å². The van der Waals surface area contributed by atoms with E-state index < -0.39 is 0 Å². The van der Waals surface area contributed by atoms with Gasteiger partial charge < -0.3 is 19.4 Å². The van der Waals surface area contributed by atoms with Gasteiger partial charge in [-0.25, -0.2) is 4.98 Å². The van der Waals surface area contributed by atoms with Crippen LogP contribution in [-0.4, -0.2) is 93.8 Å². The number of nitrogens with zero attached hydrogens (tertiary/aromatic N) is 6. The molecule has 1 fully saturated rings. The van der Waals surface area contributed by atoms with Crippen LogP contribution in [0.3, 0.4) is 0 Å². The van der Waals surface area contributed by atoms with E-state index in [0.29, 0.717) is 68.5 Å². The van der Waals surface area contributed by atoms with Crippen LogP contribution in [0.2, 0.25) is 0 Å². The number of amides is 3. The first kappa shape index (κ1) is 29.2. The molecule has 0 unspecified atom stereocenters. The lowest BCUT2D eigenvalue weighted by molar-refractivity contribution is 0.0381. The van der Waals surface area contributed by atoms with Crippen molar-refractivity contribution >= 4 is 17.7 Å². The summed E-state index contributed by atoms with van der Waals surface area (Å²) in [6.45, 7) is 5.17. The SMILES string of the molecule is Cc1ccnc(C(=O)N2CCC3(CCCN(C(=O)c4cnccn4)CCCOc4cccc(c4)C(=O)N(C)C3)CC2)c1. The second kappa shape index (κ2) is 13.1. The molecule has 0 radical (unpaired) electrons. The Hall–Kier alpha value is -4.34. The van der Waals surface area contributed by atoms with Crippen molar-refractivity contribution in [2.45, 2.75) is 39.0 Å². The summed E-state index contributed by atoms with van der Waals surface area (Å²) in [5.74, 6) is 0.355. The monoisotopic (exact) mass is 570 g/mol. The van der Waals surface area contributed by atoms with Crippen molar-refractivity contribution in [3.05, 3.63) is 83.7 Å². The molecule has 2 bridgehead atoms. The zero-order chi connectivity index (χ0) is 29.5. The zero-order valence-corrected chi connectivity index (χ0v) is 24.4. The predicted molar refractivity (Wildman–Crippen MR) is 157 cm³/mol. The maximum Gasteiger partial charge on any atom is 0.274 e. The lowest BCUT2D eigenvalue weighted by atomic mass is 9.74. The number of aryl methyl sites for hydroxylation is 1. The number of hydrogen-bond donors (Lipinski definition) is 0. The lowest BCUT2D eigenvalue weighted by Gasteiger charge is -2.44. The molecule has 0 N–H and O–H groups in total. The number of hydrogen-bond acceptors (Lipinski definition) is 7. The van der Waals surface area contributed by atoms with Crippen LogP contribution in [0.25, 0.3) is 0 Å². The van der Waals surface area contributed by atoms with Crippen LogP contribution in [0.4, 0.5) is 0 Å². The third-order valence-corrected chi connectivity index (χ3v) is 8.29. The van der Waals surface area contributed by atoms with Crippen molar-refractivity contribution in [1.29, 1.82) is 0 Å². The largest absolute Gasteiger partial charge is 0.494 e. The van der Waals surface area contributed by atoms with Crippen LogP contribution in [0.15, 0.2) is 61.2 Å². The summed E-state index contributed by atoms with van der Waals surface area (Å²) in [5, 5.41) is 0. The second-order valence-electron chi connectivity index (χ2n) is 11.4. The van der Waals surface area contributed by atoms with Crippen LogP contribution in [0, 0.1) is 12.3 Å². The highest BCUT2D eigenvalue weighted by Gasteiger charge is 2.38. The van der Waals surface area contributed by atoms with Gasteiger partial charge in [-0.05, 0) is 80.3 Å². The molecule has 1 aromatic carbocycles. The van der Waals surface area contributed by atoms with Gasteiger partial charge in [0.25, 0.3) is 17.7 Å². The molecular formula is C32H38N6O4. The molecule has 42 heavy (non-hydrogen) atoms. The molecule has 0 aliphatic carbocycles. The Morgan fingerprint density at radius 3 is 2.36 bits per heavy atom.